The van der Waals surface area contributed by atoms with Gasteiger partial charge in [0.15, 0.2) is 0 Å². The first-order chi connectivity index (χ1) is 12.2. The minimum Gasteiger partial charge on any atom is -0.330 e. The molecule has 0 saturated carbocycles. The number of likely N-dealkylation sites (N-methyl/N-ethyl adjacent to an activating group) is 1. The van der Waals surface area contributed by atoms with Crippen molar-refractivity contribution < 1.29 is 4.79 Å². The van der Waals surface area contributed by atoms with Gasteiger partial charge in [0.05, 0.1) is 17.7 Å². The fourth-order valence-corrected chi connectivity index (χ4v) is 3.14. The summed E-state index contributed by atoms with van der Waals surface area (Å²) in [6, 6.07) is 19.6. The summed E-state index contributed by atoms with van der Waals surface area (Å²) in [5, 5.41) is 9.17. The van der Waals surface area contributed by atoms with Gasteiger partial charge in [-0.1, -0.05) is 48.5 Å². The Kier molecular flexibility index (Phi) is 5.27. The molecule has 0 aromatic heterocycles. The maximum Gasteiger partial charge on any atom is 0.247 e. The van der Waals surface area contributed by atoms with Gasteiger partial charge in [0.25, 0.3) is 0 Å². The normalized spacial score (nSPS) is 18.2. The van der Waals surface area contributed by atoms with Crippen LogP contribution in [0.5, 0.6) is 0 Å². The lowest BCUT2D eigenvalue weighted by Crippen LogP contribution is -2.48. The lowest BCUT2D eigenvalue weighted by Gasteiger charge is -2.40. The molecule has 126 valence electrons. The van der Waals surface area contributed by atoms with Gasteiger partial charge in [0.1, 0.15) is 0 Å². The first-order valence-corrected chi connectivity index (χ1v) is 8.40. The summed E-state index contributed by atoms with van der Waals surface area (Å²) < 4.78 is 0. The molecule has 1 fully saturated rings. The van der Waals surface area contributed by atoms with Crippen LogP contribution in [0.25, 0.3) is 6.08 Å². The number of hydrogen-bond acceptors (Lipinski definition) is 3. The van der Waals surface area contributed by atoms with E-state index >= 15 is 0 Å². The summed E-state index contributed by atoms with van der Waals surface area (Å²) in [6.45, 7) is 2.37. The zero-order valence-corrected chi connectivity index (χ0v) is 14.3. The number of amides is 1. The zero-order valence-electron chi connectivity index (χ0n) is 14.3. The van der Waals surface area contributed by atoms with E-state index in [1.165, 1.54) is 0 Å². The summed E-state index contributed by atoms with van der Waals surface area (Å²) in [7, 11) is 2.08. The molecule has 0 unspecified atom stereocenters. The molecule has 1 amide bonds. The Morgan fingerprint density at radius 2 is 1.84 bits per heavy atom. The predicted molar refractivity (Wildman–Crippen MR) is 98.6 cm³/mol. The molecule has 0 N–H and O–H groups in total. The molecule has 4 heteroatoms. The van der Waals surface area contributed by atoms with Crippen molar-refractivity contribution in [2.45, 2.75) is 6.04 Å². The van der Waals surface area contributed by atoms with E-state index in [0.29, 0.717) is 12.1 Å². The number of piperazine rings is 1. The topological polar surface area (TPSA) is 47.3 Å². The lowest BCUT2D eigenvalue weighted by atomic mass is 10.0. The monoisotopic (exact) mass is 331 g/mol. The Morgan fingerprint density at radius 1 is 1.12 bits per heavy atom. The highest BCUT2D eigenvalue weighted by atomic mass is 16.2. The smallest absolute Gasteiger partial charge is 0.247 e. The Morgan fingerprint density at radius 3 is 2.60 bits per heavy atom. The average molecular weight is 331 g/mol. The number of carbonyl (C=O) groups excluding carboxylic acids is 1. The molecule has 1 heterocycles. The second-order valence-electron chi connectivity index (χ2n) is 6.25. The average Bonchev–Trinajstić information content (AvgIpc) is 2.67. The summed E-state index contributed by atoms with van der Waals surface area (Å²) in [5.41, 5.74) is 2.49. The quantitative estimate of drug-likeness (QED) is 0.812. The van der Waals surface area contributed by atoms with Crippen LogP contribution < -0.4 is 0 Å². The van der Waals surface area contributed by atoms with Gasteiger partial charge in [-0.15, -0.1) is 0 Å². The Hall–Kier alpha value is -2.90. The third kappa shape index (κ3) is 3.96. The van der Waals surface area contributed by atoms with Crippen LogP contribution in [0.2, 0.25) is 0 Å². The van der Waals surface area contributed by atoms with Crippen LogP contribution >= 0.6 is 0 Å². The van der Waals surface area contributed by atoms with Crippen LogP contribution in [0.15, 0.2) is 60.7 Å². The van der Waals surface area contributed by atoms with E-state index in [0.717, 1.165) is 24.2 Å². The molecule has 1 aliphatic heterocycles. The lowest BCUT2D eigenvalue weighted by molar-refractivity contribution is -0.130. The highest BCUT2D eigenvalue weighted by molar-refractivity contribution is 5.92. The van der Waals surface area contributed by atoms with Crippen molar-refractivity contribution in [3.05, 3.63) is 77.4 Å². The van der Waals surface area contributed by atoms with Crippen molar-refractivity contribution in [3.8, 4) is 6.07 Å². The number of hydrogen-bond donors (Lipinski definition) is 0. The molecule has 0 spiro atoms. The summed E-state index contributed by atoms with van der Waals surface area (Å²) in [4.78, 5) is 17.0. The Bertz CT molecular complexity index is 807. The van der Waals surface area contributed by atoms with Gasteiger partial charge in [0, 0.05) is 25.7 Å². The number of nitrogens with zero attached hydrogens (tertiary/aromatic N) is 3. The van der Waals surface area contributed by atoms with E-state index in [1.54, 1.807) is 18.2 Å². The molecule has 2 aromatic carbocycles. The van der Waals surface area contributed by atoms with Crippen molar-refractivity contribution in [1.82, 2.24) is 9.80 Å². The van der Waals surface area contributed by atoms with Crippen molar-refractivity contribution >= 4 is 12.0 Å². The molecule has 4 nitrogen and oxygen atoms in total. The van der Waals surface area contributed by atoms with Crippen LogP contribution in [0.1, 0.15) is 22.7 Å². The van der Waals surface area contributed by atoms with Crippen LogP contribution in [0.3, 0.4) is 0 Å². The van der Waals surface area contributed by atoms with E-state index in [-0.39, 0.29) is 11.9 Å². The molecule has 1 saturated heterocycles. The van der Waals surface area contributed by atoms with E-state index in [2.05, 4.69) is 30.1 Å². The van der Waals surface area contributed by atoms with Crippen LogP contribution in [-0.4, -0.2) is 42.4 Å². The van der Waals surface area contributed by atoms with E-state index in [4.69, 9.17) is 5.26 Å². The molecular formula is C21H21N3O. The van der Waals surface area contributed by atoms with Gasteiger partial charge >= 0.3 is 0 Å². The van der Waals surface area contributed by atoms with Crippen molar-refractivity contribution in [1.29, 1.82) is 5.26 Å². The Labute approximate surface area is 148 Å². The van der Waals surface area contributed by atoms with Crippen molar-refractivity contribution in [2.75, 3.05) is 26.7 Å². The highest BCUT2D eigenvalue weighted by Crippen LogP contribution is 2.25. The van der Waals surface area contributed by atoms with Crippen LogP contribution in [0.4, 0.5) is 0 Å². The maximum absolute atomic E-state index is 12.8. The molecule has 2 aromatic rings. The maximum atomic E-state index is 12.8. The van der Waals surface area contributed by atoms with Crippen molar-refractivity contribution in [2.24, 2.45) is 0 Å². The van der Waals surface area contributed by atoms with Gasteiger partial charge in [-0.3, -0.25) is 4.79 Å². The minimum atomic E-state index is -0.0188. The number of benzene rings is 2. The number of nitriles is 1. The summed E-state index contributed by atoms with van der Waals surface area (Å²) in [5.74, 6) is -0.0188. The summed E-state index contributed by atoms with van der Waals surface area (Å²) in [6.07, 6.45) is 3.32. The van der Waals surface area contributed by atoms with Gasteiger partial charge < -0.3 is 9.80 Å². The molecule has 0 bridgehead atoms. The zero-order chi connectivity index (χ0) is 17.6. The second kappa shape index (κ2) is 7.78. The third-order valence-electron chi connectivity index (χ3n) is 4.54. The largest absolute Gasteiger partial charge is 0.330 e. The number of carbonyl (C=O) groups is 1. The van der Waals surface area contributed by atoms with Crippen LogP contribution in [0, 0.1) is 11.3 Å². The first kappa shape index (κ1) is 16.9. The molecule has 1 aliphatic rings. The van der Waals surface area contributed by atoms with Gasteiger partial charge in [-0.05, 0) is 30.3 Å². The first-order valence-electron chi connectivity index (χ1n) is 8.40. The van der Waals surface area contributed by atoms with E-state index < -0.39 is 0 Å². The molecular weight excluding hydrogens is 310 g/mol. The predicted octanol–water partition coefficient (Wildman–Crippen LogP) is 3.09. The second-order valence-corrected chi connectivity index (χ2v) is 6.25. The fourth-order valence-electron chi connectivity index (χ4n) is 3.14. The van der Waals surface area contributed by atoms with E-state index in [9.17, 15) is 4.79 Å². The summed E-state index contributed by atoms with van der Waals surface area (Å²) >= 11 is 0. The highest BCUT2D eigenvalue weighted by Gasteiger charge is 2.28. The molecule has 25 heavy (non-hydrogen) atoms. The Balaban J connectivity index is 1.82. The van der Waals surface area contributed by atoms with Crippen molar-refractivity contribution in [3.63, 3.8) is 0 Å². The van der Waals surface area contributed by atoms with Crippen LogP contribution in [-0.2, 0) is 4.79 Å². The SMILES string of the molecule is CN1CCN(C(=O)/C=C/c2ccccc2C#N)[C@@H](c2ccccc2)C1. The fraction of sp³-hybridized carbons (Fsp3) is 0.238. The standard InChI is InChI=1S/C21H21N3O/c1-23-13-14-24(20(16-23)18-8-3-2-4-9-18)21(25)12-11-17-7-5-6-10-19(17)15-22/h2-12,20H,13-14,16H2,1H3/b12-11+/t20-/m1/s1. The molecule has 3 rings (SSSR count). The molecule has 1 atom stereocenters. The van der Waals surface area contributed by atoms with Gasteiger partial charge in [-0.2, -0.15) is 5.26 Å². The minimum absolute atomic E-state index is 0.0188. The number of rotatable bonds is 3. The third-order valence-corrected chi connectivity index (χ3v) is 4.54. The van der Waals surface area contributed by atoms with E-state index in [1.807, 2.05) is 41.3 Å². The van der Waals surface area contributed by atoms with Gasteiger partial charge in [-0.25, -0.2) is 0 Å². The van der Waals surface area contributed by atoms with Gasteiger partial charge in [0.2, 0.25) is 5.91 Å². The molecule has 0 radical (unpaired) electrons. The molecule has 0 aliphatic carbocycles.